The summed E-state index contributed by atoms with van der Waals surface area (Å²) in [5.74, 6) is 2.58. The van der Waals surface area contributed by atoms with Gasteiger partial charge in [0.1, 0.15) is 0 Å². The van der Waals surface area contributed by atoms with Crippen LogP contribution in [0.4, 0.5) is 0 Å². The summed E-state index contributed by atoms with van der Waals surface area (Å²) in [5, 5.41) is 6.19. The second-order valence-electron chi connectivity index (χ2n) is 8.65. The average Bonchev–Trinajstić information content (AvgIpc) is 3.41. The molecule has 2 saturated carbocycles. The molecule has 2 aliphatic rings. The van der Waals surface area contributed by atoms with Gasteiger partial charge >= 0.3 is 0 Å². The molecule has 5 heteroatoms. The van der Waals surface area contributed by atoms with E-state index in [0.29, 0.717) is 23.8 Å². The van der Waals surface area contributed by atoms with Crippen molar-refractivity contribution in [2.45, 2.75) is 50.1 Å². The second kappa shape index (κ2) is 9.69. The highest BCUT2D eigenvalue weighted by atomic mass is 32.2. The minimum absolute atomic E-state index is 0.0507. The summed E-state index contributed by atoms with van der Waals surface area (Å²) >= 11 is 1.43. The van der Waals surface area contributed by atoms with E-state index in [4.69, 9.17) is 0 Å². The van der Waals surface area contributed by atoms with E-state index < -0.39 is 0 Å². The molecule has 2 N–H and O–H groups in total. The summed E-state index contributed by atoms with van der Waals surface area (Å²) < 4.78 is 0. The number of carbonyl (C=O) groups is 2. The van der Waals surface area contributed by atoms with Gasteiger partial charge in [0.25, 0.3) is 5.91 Å². The van der Waals surface area contributed by atoms with Gasteiger partial charge in [-0.2, -0.15) is 0 Å². The van der Waals surface area contributed by atoms with Gasteiger partial charge in [0, 0.05) is 17.5 Å². The molecule has 0 aromatic heterocycles. The largest absolute Gasteiger partial charge is 0.353 e. The molecular weight excluding hydrogens is 392 g/mol. The molecule has 0 aliphatic heterocycles. The van der Waals surface area contributed by atoms with Crippen LogP contribution < -0.4 is 10.6 Å². The Balaban J connectivity index is 1.29. The highest BCUT2D eigenvalue weighted by Crippen LogP contribution is 2.49. The molecule has 2 aromatic rings. The van der Waals surface area contributed by atoms with Gasteiger partial charge in [-0.05, 0) is 61.6 Å². The van der Waals surface area contributed by atoms with Crippen LogP contribution in [0.1, 0.15) is 48.5 Å². The van der Waals surface area contributed by atoms with Crippen molar-refractivity contribution in [3.63, 3.8) is 0 Å². The number of hydrogen-bond acceptors (Lipinski definition) is 3. The predicted octanol–water partition coefficient (Wildman–Crippen LogP) is 4.65. The molecule has 2 aliphatic carbocycles. The number of carbonyl (C=O) groups excluding carboxylic acids is 2. The van der Waals surface area contributed by atoms with E-state index in [1.54, 1.807) is 0 Å². The van der Waals surface area contributed by atoms with Crippen molar-refractivity contribution in [3.05, 3.63) is 65.7 Å². The quantitative estimate of drug-likeness (QED) is 0.609. The number of rotatable bonds is 8. The summed E-state index contributed by atoms with van der Waals surface area (Å²) in [5.41, 5.74) is 1.68. The minimum atomic E-state index is -0.113. The molecule has 0 unspecified atom stereocenters. The summed E-state index contributed by atoms with van der Waals surface area (Å²) in [6.07, 6.45) is 5.32. The molecule has 0 radical (unpaired) electrons. The zero-order valence-corrected chi connectivity index (χ0v) is 18.3. The zero-order chi connectivity index (χ0) is 20.9. The Hall–Kier alpha value is -2.27. The predicted molar refractivity (Wildman–Crippen MR) is 121 cm³/mol. The number of benzene rings is 2. The Morgan fingerprint density at radius 2 is 1.80 bits per heavy atom. The van der Waals surface area contributed by atoms with Gasteiger partial charge in [-0.3, -0.25) is 9.59 Å². The van der Waals surface area contributed by atoms with Gasteiger partial charge in [-0.15, -0.1) is 11.8 Å². The van der Waals surface area contributed by atoms with Crippen LogP contribution in [-0.4, -0.2) is 23.6 Å². The van der Waals surface area contributed by atoms with Crippen LogP contribution in [0.2, 0.25) is 0 Å². The first-order valence-corrected chi connectivity index (χ1v) is 11.9. The topological polar surface area (TPSA) is 58.2 Å². The Kier molecular flexibility index (Phi) is 6.78. The number of fused-ring (bicyclic) bond motifs is 2. The maximum Gasteiger partial charge on any atom is 0.252 e. The van der Waals surface area contributed by atoms with Crippen molar-refractivity contribution >= 4 is 23.6 Å². The molecule has 2 bridgehead atoms. The molecule has 4 nitrogen and oxygen atoms in total. The summed E-state index contributed by atoms with van der Waals surface area (Å²) in [6.45, 7) is 2.64. The summed E-state index contributed by atoms with van der Waals surface area (Å²) in [4.78, 5) is 26.1. The number of amides is 2. The van der Waals surface area contributed by atoms with Crippen LogP contribution in [0.25, 0.3) is 0 Å². The molecule has 2 fully saturated rings. The molecule has 158 valence electrons. The average molecular weight is 423 g/mol. The lowest BCUT2D eigenvalue weighted by Crippen LogP contribution is -2.40. The van der Waals surface area contributed by atoms with Crippen LogP contribution in [0, 0.1) is 17.8 Å². The van der Waals surface area contributed by atoms with Crippen molar-refractivity contribution in [3.8, 4) is 0 Å². The van der Waals surface area contributed by atoms with Crippen molar-refractivity contribution in [1.82, 2.24) is 10.6 Å². The molecule has 4 rings (SSSR count). The molecule has 30 heavy (non-hydrogen) atoms. The van der Waals surface area contributed by atoms with E-state index in [1.165, 1.54) is 37.4 Å². The van der Waals surface area contributed by atoms with E-state index in [9.17, 15) is 9.59 Å². The normalized spacial score (nSPS) is 23.2. The molecule has 0 saturated heterocycles. The maximum atomic E-state index is 12.7. The minimum Gasteiger partial charge on any atom is -0.353 e. The SMILES string of the molecule is C[C@H](NC(=O)CSc1ccccc1C(=O)NCc1ccccc1)[C@H]1C[C@H]2CC[C@H]1C2. The van der Waals surface area contributed by atoms with Gasteiger partial charge in [0.15, 0.2) is 0 Å². The molecule has 0 spiro atoms. The van der Waals surface area contributed by atoms with E-state index in [2.05, 4.69) is 17.6 Å². The van der Waals surface area contributed by atoms with E-state index in [1.807, 2.05) is 54.6 Å². The third-order valence-corrected chi connectivity index (χ3v) is 7.68. The van der Waals surface area contributed by atoms with E-state index >= 15 is 0 Å². The number of thioether (sulfide) groups is 1. The maximum absolute atomic E-state index is 12.7. The standard InChI is InChI=1S/C25H30N2O2S/c1-17(22-14-19-11-12-20(22)13-19)27-24(28)16-30-23-10-6-5-9-21(23)25(29)26-15-18-7-3-2-4-8-18/h2-10,17,19-20,22H,11-16H2,1H3,(H,26,29)(H,27,28)/t17-,19-,20-,22+/m0/s1. The molecule has 2 aromatic carbocycles. The lowest BCUT2D eigenvalue weighted by Gasteiger charge is -2.28. The highest BCUT2D eigenvalue weighted by Gasteiger charge is 2.42. The van der Waals surface area contributed by atoms with Gasteiger partial charge in [-0.1, -0.05) is 48.9 Å². The smallest absolute Gasteiger partial charge is 0.252 e. The second-order valence-corrected chi connectivity index (χ2v) is 9.67. The van der Waals surface area contributed by atoms with Gasteiger partial charge < -0.3 is 10.6 Å². The van der Waals surface area contributed by atoms with E-state index in [-0.39, 0.29) is 17.9 Å². The fourth-order valence-electron chi connectivity index (χ4n) is 5.11. The third kappa shape index (κ3) is 5.07. The lowest BCUT2D eigenvalue weighted by molar-refractivity contribution is -0.119. The fourth-order valence-corrected chi connectivity index (χ4v) is 5.97. The first kappa shape index (κ1) is 21.0. The van der Waals surface area contributed by atoms with Gasteiger partial charge in [-0.25, -0.2) is 0 Å². The van der Waals surface area contributed by atoms with Crippen molar-refractivity contribution in [1.29, 1.82) is 0 Å². The Morgan fingerprint density at radius 3 is 2.53 bits per heavy atom. The summed E-state index contributed by atoms with van der Waals surface area (Å²) in [7, 11) is 0. The zero-order valence-electron chi connectivity index (χ0n) is 17.5. The molecule has 4 atom stereocenters. The molecule has 2 amide bonds. The summed E-state index contributed by atoms with van der Waals surface area (Å²) in [6, 6.07) is 17.6. The number of nitrogens with one attached hydrogen (secondary N) is 2. The van der Waals surface area contributed by atoms with E-state index in [0.717, 1.165) is 22.3 Å². The fraction of sp³-hybridized carbons (Fsp3) is 0.440. The first-order chi connectivity index (χ1) is 14.6. The van der Waals surface area contributed by atoms with Crippen molar-refractivity contribution in [2.75, 3.05) is 5.75 Å². The van der Waals surface area contributed by atoms with Gasteiger partial charge in [0.05, 0.1) is 11.3 Å². The third-order valence-electron chi connectivity index (χ3n) is 6.61. The Bertz CT molecular complexity index is 886. The van der Waals surface area contributed by atoms with Crippen molar-refractivity contribution < 1.29 is 9.59 Å². The first-order valence-electron chi connectivity index (χ1n) is 10.9. The molecular formula is C25H30N2O2S. The van der Waals surface area contributed by atoms with Crippen LogP contribution >= 0.6 is 11.8 Å². The van der Waals surface area contributed by atoms with Crippen LogP contribution in [0.5, 0.6) is 0 Å². The van der Waals surface area contributed by atoms with Crippen LogP contribution in [0.15, 0.2) is 59.5 Å². The highest BCUT2D eigenvalue weighted by molar-refractivity contribution is 8.00. The molecule has 0 heterocycles. The van der Waals surface area contributed by atoms with Crippen molar-refractivity contribution in [2.24, 2.45) is 17.8 Å². The number of hydrogen-bond donors (Lipinski definition) is 2. The lowest BCUT2D eigenvalue weighted by atomic mass is 9.84. The Morgan fingerprint density at radius 1 is 1.03 bits per heavy atom. The Labute approximate surface area is 183 Å². The monoisotopic (exact) mass is 422 g/mol. The van der Waals surface area contributed by atoms with Crippen LogP contribution in [-0.2, 0) is 11.3 Å². The van der Waals surface area contributed by atoms with Crippen LogP contribution in [0.3, 0.4) is 0 Å². The van der Waals surface area contributed by atoms with Gasteiger partial charge in [0.2, 0.25) is 5.91 Å².